The molecule has 0 saturated carbocycles. The number of aliphatic carboxylic acids is 1. The Labute approximate surface area is 128 Å². The van der Waals surface area contributed by atoms with Crippen molar-refractivity contribution in [1.29, 1.82) is 0 Å². The van der Waals surface area contributed by atoms with Gasteiger partial charge in [0.1, 0.15) is 11.0 Å². The molecule has 2 aliphatic heterocycles. The Morgan fingerprint density at radius 1 is 1.29 bits per heavy atom. The molecule has 2 saturated heterocycles. The summed E-state index contributed by atoms with van der Waals surface area (Å²) in [7, 11) is 0. The Balaban J connectivity index is 2.17. The number of hydrogen-bond acceptors (Lipinski definition) is 5. The van der Waals surface area contributed by atoms with E-state index in [-0.39, 0.29) is 13.0 Å². The molecule has 2 unspecified atom stereocenters. The minimum atomic E-state index is -1.28. The zero-order valence-corrected chi connectivity index (χ0v) is 13.5. The van der Waals surface area contributed by atoms with Crippen LogP contribution in [0.15, 0.2) is 0 Å². The van der Waals surface area contributed by atoms with E-state index in [0.717, 1.165) is 5.75 Å². The van der Waals surface area contributed by atoms with Gasteiger partial charge in [-0.1, -0.05) is 0 Å². The van der Waals surface area contributed by atoms with Crippen LogP contribution in [-0.2, 0) is 9.53 Å². The standard InChI is InChI=1S/C14H23NO5S/c1-12(2,3)20-11(18)15-6-4-13(8-15,10(16)17)14(19)5-7-21-9-14/h19H,4-9H2,1-3H3,(H,16,17). The maximum absolute atomic E-state index is 12.1. The smallest absolute Gasteiger partial charge is 0.410 e. The lowest BCUT2D eigenvalue weighted by atomic mass is 9.70. The summed E-state index contributed by atoms with van der Waals surface area (Å²) < 4.78 is 5.30. The third-order valence-corrected chi connectivity index (χ3v) is 5.40. The Bertz CT molecular complexity index is 441. The monoisotopic (exact) mass is 317 g/mol. The third kappa shape index (κ3) is 2.99. The van der Waals surface area contributed by atoms with Gasteiger partial charge < -0.3 is 19.8 Å². The first-order chi connectivity index (χ1) is 9.60. The van der Waals surface area contributed by atoms with Crippen LogP contribution in [0.5, 0.6) is 0 Å². The molecule has 2 N–H and O–H groups in total. The van der Waals surface area contributed by atoms with Crippen molar-refractivity contribution in [3.8, 4) is 0 Å². The van der Waals surface area contributed by atoms with Gasteiger partial charge in [0, 0.05) is 18.8 Å². The summed E-state index contributed by atoms with van der Waals surface area (Å²) in [6, 6.07) is 0. The highest BCUT2D eigenvalue weighted by molar-refractivity contribution is 7.99. The highest BCUT2D eigenvalue weighted by Crippen LogP contribution is 2.48. The fourth-order valence-corrected chi connectivity index (χ4v) is 4.36. The molecule has 7 heteroatoms. The quantitative estimate of drug-likeness (QED) is 0.804. The van der Waals surface area contributed by atoms with Gasteiger partial charge in [-0.3, -0.25) is 4.79 Å². The maximum atomic E-state index is 12.1. The number of carboxylic acid groups (broad SMARTS) is 1. The molecule has 0 aliphatic carbocycles. The lowest BCUT2D eigenvalue weighted by molar-refractivity contribution is -0.164. The van der Waals surface area contributed by atoms with Crippen LogP contribution in [0.1, 0.15) is 33.6 Å². The lowest BCUT2D eigenvalue weighted by Gasteiger charge is -2.38. The summed E-state index contributed by atoms with van der Waals surface area (Å²) in [6.07, 6.45) is 0.199. The second-order valence-electron chi connectivity index (χ2n) is 6.87. The highest BCUT2D eigenvalue weighted by Gasteiger charge is 2.61. The van der Waals surface area contributed by atoms with Crippen LogP contribution >= 0.6 is 11.8 Å². The molecule has 0 radical (unpaired) electrons. The molecule has 0 aromatic rings. The van der Waals surface area contributed by atoms with Gasteiger partial charge in [0.05, 0.1) is 5.60 Å². The van der Waals surface area contributed by atoms with Gasteiger partial charge in [-0.05, 0) is 39.4 Å². The minimum absolute atomic E-state index is 0.00824. The molecule has 0 aromatic carbocycles. The number of amides is 1. The van der Waals surface area contributed by atoms with E-state index in [2.05, 4.69) is 0 Å². The molecule has 2 rings (SSSR count). The van der Waals surface area contributed by atoms with Gasteiger partial charge in [-0.25, -0.2) is 4.79 Å². The van der Waals surface area contributed by atoms with Crippen molar-refractivity contribution in [2.45, 2.75) is 44.8 Å². The predicted octanol–water partition coefficient (Wildman–Crippen LogP) is 1.57. The number of thioether (sulfide) groups is 1. The average Bonchev–Trinajstić information content (AvgIpc) is 2.94. The highest BCUT2D eigenvalue weighted by atomic mass is 32.2. The van der Waals surface area contributed by atoms with E-state index in [9.17, 15) is 19.8 Å². The first-order valence-corrected chi connectivity index (χ1v) is 8.27. The number of rotatable bonds is 2. The molecule has 0 spiro atoms. The molecule has 1 amide bonds. The fourth-order valence-electron chi connectivity index (χ4n) is 2.98. The van der Waals surface area contributed by atoms with Crippen LogP contribution in [0.25, 0.3) is 0 Å². The number of carbonyl (C=O) groups is 2. The molecular weight excluding hydrogens is 294 g/mol. The van der Waals surface area contributed by atoms with Gasteiger partial charge in [-0.15, -0.1) is 0 Å². The Morgan fingerprint density at radius 2 is 1.95 bits per heavy atom. The van der Waals surface area contributed by atoms with E-state index in [1.165, 1.54) is 4.90 Å². The Morgan fingerprint density at radius 3 is 2.43 bits per heavy atom. The summed E-state index contributed by atoms with van der Waals surface area (Å²) in [6.45, 7) is 5.62. The van der Waals surface area contributed by atoms with E-state index in [0.29, 0.717) is 18.7 Å². The second kappa shape index (κ2) is 5.35. The van der Waals surface area contributed by atoms with Crippen molar-refractivity contribution in [3.63, 3.8) is 0 Å². The topological polar surface area (TPSA) is 87.1 Å². The predicted molar refractivity (Wildman–Crippen MR) is 79.4 cm³/mol. The summed E-state index contributed by atoms with van der Waals surface area (Å²) >= 11 is 1.56. The first kappa shape index (κ1) is 16.4. The number of ether oxygens (including phenoxy) is 1. The molecule has 2 fully saturated rings. The zero-order chi connectivity index (χ0) is 15.9. The normalized spacial score (nSPS) is 33.2. The second-order valence-corrected chi connectivity index (χ2v) is 7.98. The summed E-state index contributed by atoms with van der Waals surface area (Å²) in [5.41, 5.74) is -3.15. The largest absolute Gasteiger partial charge is 0.481 e. The number of likely N-dealkylation sites (tertiary alicyclic amines) is 1. The van der Waals surface area contributed by atoms with Crippen molar-refractivity contribution in [3.05, 3.63) is 0 Å². The van der Waals surface area contributed by atoms with Gasteiger partial charge in [0.25, 0.3) is 0 Å². The van der Waals surface area contributed by atoms with E-state index in [1.807, 2.05) is 0 Å². The summed E-state index contributed by atoms with van der Waals surface area (Å²) in [5, 5.41) is 20.4. The van der Waals surface area contributed by atoms with Crippen LogP contribution in [-0.4, -0.2) is 63.0 Å². The van der Waals surface area contributed by atoms with E-state index < -0.39 is 28.7 Å². The molecule has 6 nitrogen and oxygen atoms in total. The summed E-state index contributed by atoms with van der Waals surface area (Å²) in [5.74, 6) is 0.123. The molecule has 2 aliphatic rings. The first-order valence-electron chi connectivity index (χ1n) is 7.11. The van der Waals surface area contributed by atoms with Crippen LogP contribution < -0.4 is 0 Å². The molecular formula is C14H23NO5S. The molecule has 120 valence electrons. The van der Waals surface area contributed by atoms with E-state index >= 15 is 0 Å². The minimum Gasteiger partial charge on any atom is -0.481 e. The molecule has 21 heavy (non-hydrogen) atoms. The number of carboxylic acids is 1. The SMILES string of the molecule is CC(C)(C)OC(=O)N1CCC(C(=O)O)(C2(O)CCSC2)C1. The van der Waals surface area contributed by atoms with Crippen LogP contribution in [0.4, 0.5) is 4.79 Å². The molecule has 2 atom stereocenters. The average molecular weight is 317 g/mol. The van der Waals surface area contributed by atoms with E-state index in [4.69, 9.17) is 4.74 Å². The number of hydrogen-bond donors (Lipinski definition) is 2. The summed E-state index contributed by atoms with van der Waals surface area (Å²) in [4.78, 5) is 25.3. The van der Waals surface area contributed by atoms with Gasteiger partial charge >= 0.3 is 12.1 Å². The van der Waals surface area contributed by atoms with Gasteiger partial charge in [-0.2, -0.15) is 11.8 Å². The number of aliphatic hydroxyl groups is 1. The van der Waals surface area contributed by atoms with Gasteiger partial charge in [0.2, 0.25) is 0 Å². The number of carbonyl (C=O) groups excluding carboxylic acids is 1. The molecule has 0 aromatic heterocycles. The Kier molecular flexibility index (Phi) is 4.19. The molecule has 0 bridgehead atoms. The van der Waals surface area contributed by atoms with Crippen LogP contribution in [0, 0.1) is 5.41 Å². The van der Waals surface area contributed by atoms with Crippen LogP contribution in [0.3, 0.4) is 0 Å². The van der Waals surface area contributed by atoms with Crippen LogP contribution in [0.2, 0.25) is 0 Å². The van der Waals surface area contributed by atoms with Crippen molar-refractivity contribution < 1.29 is 24.5 Å². The lowest BCUT2D eigenvalue weighted by Crippen LogP contribution is -2.55. The fraction of sp³-hybridized carbons (Fsp3) is 0.857. The molecule has 2 heterocycles. The van der Waals surface area contributed by atoms with E-state index in [1.54, 1.807) is 32.5 Å². The van der Waals surface area contributed by atoms with Crippen molar-refractivity contribution in [2.24, 2.45) is 5.41 Å². The van der Waals surface area contributed by atoms with Crippen molar-refractivity contribution in [2.75, 3.05) is 24.6 Å². The third-order valence-electron chi connectivity index (χ3n) is 4.22. The zero-order valence-electron chi connectivity index (χ0n) is 12.7. The Hall–Kier alpha value is -0.950. The van der Waals surface area contributed by atoms with Gasteiger partial charge in [0.15, 0.2) is 0 Å². The number of nitrogens with zero attached hydrogens (tertiary/aromatic N) is 1. The van der Waals surface area contributed by atoms with Crippen molar-refractivity contribution in [1.82, 2.24) is 4.90 Å². The maximum Gasteiger partial charge on any atom is 0.410 e. The van der Waals surface area contributed by atoms with Crippen molar-refractivity contribution >= 4 is 23.8 Å².